The largest absolute Gasteiger partial charge is 0.325 e. The first-order chi connectivity index (χ1) is 9.04. The molecule has 0 aliphatic rings. The van der Waals surface area contributed by atoms with Crippen LogP contribution in [0, 0.1) is 12.7 Å². The van der Waals surface area contributed by atoms with Gasteiger partial charge < -0.3 is 9.88 Å². The SMILES string of the molecule is Cc1cccc(NC(=O)Cn2cc(F)ccc2=O)c1. The molecule has 5 heteroatoms. The number of aryl methyl sites for hydroxylation is 1. The summed E-state index contributed by atoms with van der Waals surface area (Å²) in [6, 6.07) is 9.45. The molecule has 0 saturated heterocycles. The summed E-state index contributed by atoms with van der Waals surface area (Å²) in [5.41, 5.74) is 1.25. The van der Waals surface area contributed by atoms with Crippen molar-refractivity contribution >= 4 is 11.6 Å². The van der Waals surface area contributed by atoms with Crippen LogP contribution in [-0.4, -0.2) is 10.5 Å². The first-order valence-electron chi connectivity index (χ1n) is 5.77. The molecule has 0 aliphatic carbocycles. The van der Waals surface area contributed by atoms with E-state index in [1.165, 1.54) is 0 Å². The number of carbonyl (C=O) groups is 1. The van der Waals surface area contributed by atoms with Crippen LogP contribution < -0.4 is 10.9 Å². The average molecular weight is 260 g/mol. The van der Waals surface area contributed by atoms with Gasteiger partial charge in [0.25, 0.3) is 5.56 Å². The summed E-state index contributed by atoms with van der Waals surface area (Å²) in [5, 5.41) is 2.66. The van der Waals surface area contributed by atoms with Crippen molar-refractivity contribution in [3.63, 3.8) is 0 Å². The lowest BCUT2D eigenvalue weighted by Gasteiger charge is -2.07. The Morgan fingerprint density at radius 1 is 1.32 bits per heavy atom. The van der Waals surface area contributed by atoms with Crippen LogP contribution in [-0.2, 0) is 11.3 Å². The Morgan fingerprint density at radius 2 is 2.11 bits per heavy atom. The van der Waals surface area contributed by atoms with E-state index in [0.717, 1.165) is 28.5 Å². The average Bonchev–Trinajstić information content (AvgIpc) is 2.34. The quantitative estimate of drug-likeness (QED) is 0.916. The second-order valence-electron chi connectivity index (χ2n) is 4.23. The summed E-state index contributed by atoms with van der Waals surface area (Å²) >= 11 is 0. The van der Waals surface area contributed by atoms with Crippen LogP contribution >= 0.6 is 0 Å². The molecular formula is C14H13FN2O2. The lowest BCUT2D eigenvalue weighted by Crippen LogP contribution is -2.27. The number of nitrogens with one attached hydrogen (secondary N) is 1. The van der Waals surface area contributed by atoms with E-state index in [0.29, 0.717) is 5.69 Å². The molecule has 2 rings (SSSR count). The van der Waals surface area contributed by atoms with E-state index in [1.54, 1.807) is 6.07 Å². The summed E-state index contributed by atoms with van der Waals surface area (Å²) in [5.74, 6) is -0.929. The van der Waals surface area contributed by atoms with E-state index < -0.39 is 11.4 Å². The molecule has 0 saturated carbocycles. The maximum atomic E-state index is 13.0. The van der Waals surface area contributed by atoms with E-state index in [-0.39, 0.29) is 12.5 Å². The molecule has 1 N–H and O–H groups in total. The van der Waals surface area contributed by atoms with Crippen LogP contribution in [0.2, 0.25) is 0 Å². The van der Waals surface area contributed by atoms with Crippen molar-refractivity contribution in [3.05, 3.63) is 64.3 Å². The van der Waals surface area contributed by atoms with Gasteiger partial charge >= 0.3 is 0 Å². The minimum atomic E-state index is -0.553. The van der Waals surface area contributed by atoms with Crippen LogP contribution in [0.4, 0.5) is 10.1 Å². The second kappa shape index (κ2) is 5.48. The molecule has 98 valence electrons. The first kappa shape index (κ1) is 13.0. The highest BCUT2D eigenvalue weighted by atomic mass is 19.1. The van der Waals surface area contributed by atoms with Crippen LogP contribution in [0.5, 0.6) is 0 Å². The molecule has 1 aromatic heterocycles. The molecule has 1 amide bonds. The number of halogens is 1. The molecule has 4 nitrogen and oxygen atoms in total. The van der Waals surface area contributed by atoms with Crippen molar-refractivity contribution < 1.29 is 9.18 Å². The highest BCUT2D eigenvalue weighted by molar-refractivity contribution is 5.90. The molecule has 0 atom stereocenters. The van der Waals surface area contributed by atoms with Crippen LogP contribution in [0.3, 0.4) is 0 Å². The molecule has 19 heavy (non-hydrogen) atoms. The van der Waals surface area contributed by atoms with Gasteiger partial charge in [0, 0.05) is 18.0 Å². The van der Waals surface area contributed by atoms with Crippen LogP contribution in [0.1, 0.15) is 5.56 Å². The molecular weight excluding hydrogens is 247 g/mol. The number of benzene rings is 1. The van der Waals surface area contributed by atoms with Crippen molar-refractivity contribution in [2.75, 3.05) is 5.32 Å². The Labute approximate surface area is 109 Å². The summed E-state index contributed by atoms with van der Waals surface area (Å²) in [4.78, 5) is 23.2. The van der Waals surface area contributed by atoms with E-state index >= 15 is 0 Å². The maximum absolute atomic E-state index is 13.0. The van der Waals surface area contributed by atoms with Gasteiger partial charge in [-0.25, -0.2) is 4.39 Å². The van der Waals surface area contributed by atoms with Crippen molar-refractivity contribution in [1.82, 2.24) is 4.57 Å². The number of hydrogen-bond acceptors (Lipinski definition) is 2. The minimum Gasteiger partial charge on any atom is -0.325 e. The summed E-state index contributed by atoms with van der Waals surface area (Å²) < 4.78 is 14.0. The zero-order valence-electron chi connectivity index (χ0n) is 10.4. The zero-order valence-corrected chi connectivity index (χ0v) is 10.4. The van der Waals surface area contributed by atoms with Gasteiger partial charge in [0.1, 0.15) is 12.4 Å². The van der Waals surface area contributed by atoms with Gasteiger partial charge in [-0.1, -0.05) is 12.1 Å². The Bertz CT molecular complexity index is 664. The van der Waals surface area contributed by atoms with E-state index in [9.17, 15) is 14.0 Å². The Morgan fingerprint density at radius 3 is 2.84 bits per heavy atom. The highest BCUT2D eigenvalue weighted by Crippen LogP contribution is 2.09. The molecule has 0 aliphatic heterocycles. The summed E-state index contributed by atoms with van der Waals surface area (Å²) in [6.07, 6.45) is 1.01. The van der Waals surface area contributed by atoms with E-state index in [4.69, 9.17) is 0 Å². The number of amides is 1. The summed E-state index contributed by atoms with van der Waals surface area (Å²) in [6.45, 7) is 1.69. The lowest BCUT2D eigenvalue weighted by atomic mass is 10.2. The van der Waals surface area contributed by atoms with Crippen molar-refractivity contribution in [1.29, 1.82) is 0 Å². The van der Waals surface area contributed by atoms with Crippen molar-refractivity contribution in [2.24, 2.45) is 0 Å². The second-order valence-corrected chi connectivity index (χ2v) is 4.23. The molecule has 1 heterocycles. The van der Waals surface area contributed by atoms with Crippen LogP contribution in [0.15, 0.2) is 47.4 Å². The molecule has 0 radical (unpaired) electrons. The molecule has 0 unspecified atom stereocenters. The topological polar surface area (TPSA) is 51.1 Å². The third-order valence-corrected chi connectivity index (χ3v) is 2.56. The predicted molar refractivity (Wildman–Crippen MR) is 70.5 cm³/mol. The number of pyridine rings is 1. The Hall–Kier alpha value is -2.43. The molecule has 0 bridgehead atoms. The number of carbonyl (C=O) groups excluding carboxylic acids is 1. The normalized spacial score (nSPS) is 10.2. The Kier molecular flexibility index (Phi) is 3.75. The smallest absolute Gasteiger partial charge is 0.251 e. The Balaban J connectivity index is 2.09. The molecule has 0 fully saturated rings. The van der Waals surface area contributed by atoms with Gasteiger partial charge in [-0.15, -0.1) is 0 Å². The van der Waals surface area contributed by atoms with Gasteiger partial charge in [0.05, 0.1) is 0 Å². The van der Waals surface area contributed by atoms with Crippen molar-refractivity contribution in [2.45, 2.75) is 13.5 Å². The van der Waals surface area contributed by atoms with Gasteiger partial charge in [-0.05, 0) is 30.7 Å². The highest BCUT2D eigenvalue weighted by Gasteiger charge is 2.06. The minimum absolute atomic E-state index is 0.218. The zero-order chi connectivity index (χ0) is 13.8. The first-order valence-corrected chi connectivity index (χ1v) is 5.77. The predicted octanol–water partition coefficient (Wildman–Crippen LogP) is 1.93. The molecule has 1 aromatic carbocycles. The standard InChI is InChI=1S/C14H13FN2O2/c1-10-3-2-4-12(7-10)16-13(18)9-17-8-11(15)5-6-14(17)19/h2-8H,9H2,1H3,(H,16,18). The van der Waals surface area contributed by atoms with Gasteiger partial charge in [0.2, 0.25) is 5.91 Å². The monoisotopic (exact) mass is 260 g/mol. The maximum Gasteiger partial charge on any atom is 0.251 e. The number of aromatic nitrogens is 1. The van der Waals surface area contributed by atoms with Crippen molar-refractivity contribution in [3.8, 4) is 0 Å². The third-order valence-electron chi connectivity index (χ3n) is 2.56. The number of nitrogens with zero attached hydrogens (tertiary/aromatic N) is 1. The number of anilines is 1. The number of rotatable bonds is 3. The van der Waals surface area contributed by atoms with Gasteiger partial charge in [-0.3, -0.25) is 9.59 Å². The third kappa shape index (κ3) is 3.51. The van der Waals surface area contributed by atoms with Gasteiger partial charge in [-0.2, -0.15) is 0 Å². The summed E-state index contributed by atoms with van der Waals surface area (Å²) in [7, 11) is 0. The molecule has 2 aromatic rings. The van der Waals surface area contributed by atoms with Gasteiger partial charge in [0.15, 0.2) is 0 Å². The fraction of sp³-hybridized carbons (Fsp3) is 0.143. The molecule has 0 spiro atoms. The van der Waals surface area contributed by atoms with E-state index in [1.807, 2.05) is 25.1 Å². The fourth-order valence-electron chi connectivity index (χ4n) is 1.70. The van der Waals surface area contributed by atoms with Crippen LogP contribution in [0.25, 0.3) is 0 Å². The fourth-order valence-corrected chi connectivity index (χ4v) is 1.70. The van der Waals surface area contributed by atoms with E-state index in [2.05, 4.69) is 5.32 Å². The lowest BCUT2D eigenvalue weighted by molar-refractivity contribution is -0.116. The number of hydrogen-bond donors (Lipinski definition) is 1.